The quantitative estimate of drug-likeness (QED) is 0.763. The number of hydrogen-bond acceptors (Lipinski definition) is 2. The SMILES string of the molecule is COc1cccc([C@H]2C=Nc3ccccc32)c1. The maximum Gasteiger partial charge on any atom is 0.119 e. The normalized spacial score (nSPS) is 16.9. The van der Waals surface area contributed by atoms with Crippen molar-refractivity contribution >= 4 is 11.9 Å². The third kappa shape index (κ3) is 1.72. The topological polar surface area (TPSA) is 21.6 Å². The molecule has 0 spiro atoms. The van der Waals surface area contributed by atoms with Crippen molar-refractivity contribution in [1.29, 1.82) is 0 Å². The van der Waals surface area contributed by atoms with Gasteiger partial charge in [0.15, 0.2) is 0 Å². The molecular formula is C15H13NO. The van der Waals surface area contributed by atoms with E-state index in [1.54, 1.807) is 7.11 Å². The van der Waals surface area contributed by atoms with E-state index in [-0.39, 0.29) is 5.92 Å². The maximum atomic E-state index is 5.26. The second-order valence-corrected chi connectivity index (χ2v) is 4.09. The first-order valence-corrected chi connectivity index (χ1v) is 5.65. The molecule has 3 rings (SSSR count). The molecule has 1 heterocycles. The molecule has 0 saturated carbocycles. The number of aliphatic imine (C=N–C) groups is 1. The summed E-state index contributed by atoms with van der Waals surface area (Å²) in [5.41, 5.74) is 3.55. The van der Waals surface area contributed by atoms with Gasteiger partial charge in [0.05, 0.1) is 12.8 Å². The molecule has 17 heavy (non-hydrogen) atoms. The molecule has 2 heteroatoms. The van der Waals surface area contributed by atoms with E-state index >= 15 is 0 Å². The van der Waals surface area contributed by atoms with Crippen molar-refractivity contribution in [2.45, 2.75) is 5.92 Å². The Morgan fingerprint density at radius 3 is 2.82 bits per heavy atom. The number of rotatable bonds is 2. The molecule has 1 aliphatic rings. The molecule has 0 saturated heterocycles. The average Bonchev–Trinajstić information content (AvgIpc) is 2.82. The van der Waals surface area contributed by atoms with Crippen molar-refractivity contribution in [3.8, 4) is 5.75 Å². The van der Waals surface area contributed by atoms with Crippen molar-refractivity contribution in [2.75, 3.05) is 7.11 Å². The van der Waals surface area contributed by atoms with E-state index in [9.17, 15) is 0 Å². The molecule has 2 aromatic carbocycles. The summed E-state index contributed by atoms with van der Waals surface area (Å²) in [5, 5.41) is 0. The summed E-state index contributed by atoms with van der Waals surface area (Å²) in [4.78, 5) is 4.45. The number of methoxy groups -OCH3 is 1. The molecule has 0 amide bonds. The summed E-state index contributed by atoms with van der Waals surface area (Å²) >= 11 is 0. The van der Waals surface area contributed by atoms with E-state index in [4.69, 9.17) is 4.74 Å². The van der Waals surface area contributed by atoms with Crippen LogP contribution < -0.4 is 4.74 Å². The number of fused-ring (bicyclic) bond motifs is 1. The predicted octanol–water partition coefficient (Wildman–Crippen LogP) is 3.54. The van der Waals surface area contributed by atoms with Crippen molar-refractivity contribution in [1.82, 2.24) is 0 Å². The minimum Gasteiger partial charge on any atom is -0.497 e. The Labute approximate surface area is 101 Å². The van der Waals surface area contributed by atoms with E-state index in [1.165, 1.54) is 11.1 Å². The minimum atomic E-state index is 0.251. The lowest BCUT2D eigenvalue weighted by molar-refractivity contribution is 0.414. The highest BCUT2D eigenvalue weighted by atomic mass is 16.5. The Bertz CT molecular complexity index is 575. The maximum absolute atomic E-state index is 5.26. The van der Waals surface area contributed by atoms with Crippen molar-refractivity contribution in [2.24, 2.45) is 4.99 Å². The monoisotopic (exact) mass is 223 g/mol. The number of para-hydroxylation sites is 1. The van der Waals surface area contributed by atoms with Gasteiger partial charge in [-0.2, -0.15) is 0 Å². The smallest absolute Gasteiger partial charge is 0.119 e. The molecule has 2 aromatic rings. The van der Waals surface area contributed by atoms with Gasteiger partial charge in [-0.3, -0.25) is 4.99 Å². The van der Waals surface area contributed by atoms with Gasteiger partial charge in [-0.25, -0.2) is 0 Å². The van der Waals surface area contributed by atoms with Crippen LogP contribution in [0.1, 0.15) is 17.0 Å². The summed E-state index contributed by atoms with van der Waals surface area (Å²) in [5.74, 6) is 1.14. The number of hydrogen-bond donors (Lipinski definition) is 0. The lowest BCUT2D eigenvalue weighted by Gasteiger charge is -2.10. The molecule has 0 aromatic heterocycles. The molecule has 0 N–H and O–H groups in total. The molecule has 1 aliphatic heterocycles. The zero-order valence-electron chi connectivity index (χ0n) is 9.63. The molecule has 84 valence electrons. The highest BCUT2D eigenvalue weighted by Crippen LogP contribution is 2.36. The van der Waals surface area contributed by atoms with Crippen LogP contribution >= 0.6 is 0 Å². The van der Waals surface area contributed by atoms with Crippen LogP contribution in [0.2, 0.25) is 0 Å². The van der Waals surface area contributed by atoms with Crippen LogP contribution in [0.5, 0.6) is 5.75 Å². The summed E-state index contributed by atoms with van der Waals surface area (Å²) in [6.07, 6.45) is 2.00. The van der Waals surface area contributed by atoms with Gasteiger partial charge in [0.25, 0.3) is 0 Å². The summed E-state index contributed by atoms with van der Waals surface area (Å²) in [6, 6.07) is 16.4. The van der Waals surface area contributed by atoms with Gasteiger partial charge in [-0.05, 0) is 29.3 Å². The fourth-order valence-corrected chi connectivity index (χ4v) is 2.20. The van der Waals surface area contributed by atoms with Gasteiger partial charge in [-0.15, -0.1) is 0 Å². The van der Waals surface area contributed by atoms with Gasteiger partial charge in [-0.1, -0.05) is 30.3 Å². The van der Waals surface area contributed by atoms with Crippen molar-refractivity contribution in [3.05, 3.63) is 59.7 Å². The van der Waals surface area contributed by atoms with Gasteiger partial charge in [0, 0.05) is 12.1 Å². The molecule has 0 bridgehead atoms. The molecular weight excluding hydrogens is 210 g/mol. The Hall–Kier alpha value is -2.09. The second-order valence-electron chi connectivity index (χ2n) is 4.09. The van der Waals surface area contributed by atoms with Crippen molar-refractivity contribution in [3.63, 3.8) is 0 Å². The van der Waals surface area contributed by atoms with Crippen molar-refractivity contribution < 1.29 is 4.74 Å². The molecule has 0 unspecified atom stereocenters. The second kappa shape index (κ2) is 4.06. The number of ether oxygens (including phenoxy) is 1. The highest BCUT2D eigenvalue weighted by Gasteiger charge is 2.20. The highest BCUT2D eigenvalue weighted by molar-refractivity contribution is 5.84. The van der Waals surface area contributed by atoms with Gasteiger partial charge < -0.3 is 4.74 Å². The lowest BCUT2D eigenvalue weighted by atomic mass is 9.93. The third-order valence-corrected chi connectivity index (χ3v) is 3.09. The lowest BCUT2D eigenvalue weighted by Crippen LogP contribution is -1.98. The molecule has 1 atom stereocenters. The molecule has 2 nitrogen and oxygen atoms in total. The zero-order valence-corrected chi connectivity index (χ0v) is 9.63. The van der Waals surface area contributed by atoms with E-state index in [0.29, 0.717) is 0 Å². The van der Waals surface area contributed by atoms with E-state index < -0.39 is 0 Å². The van der Waals surface area contributed by atoms with Crippen LogP contribution in [0.4, 0.5) is 5.69 Å². The molecule has 0 radical (unpaired) electrons. The summed E-state index contributed by atoms with van der Waals surface area (Å²) in [7, 11) is 1.69. The van der Waals surface area contributed by atoms with Crippen LogP contribution in [0, 0.1) is 0 Å². The summed E-state index contributed by atoms with van der Waals surface area (Å²) < 4.78 is 5.26. The van der Waals surface area contributed by atoms with E-state index in [0.717, 1.165) is 11.4 Å². The Morgan fingerprint density at radius 2 is 1.94 bits per heavy atom. The Morgan fingerprint density at radius 1 is 1.06 bits per heavy atom. The first kappa shape index (κ1) is 10.1. The summed E-state index contributed by atoms with van der Waals surface area (Å²) in [6.45, 7) is 0. The Balaban J connectivity index is 2.04. The standard InChI is InChI=1S/C15H13NO/c1-17-12-6-4-5-11(9-12)14-10-16-15-8-3-2-7-13(14)15/h2-10,14H,1H3/t14-/m1/s1. The minimum absolute atomic E-state index is 0.251. The zero-order chi connectivity index (χ0) is 11.7. The first-order valence-electron chi connectivity index (χ1n) is 5.65. The van der Waals surface area contributed by atoms with E-state index in [1.807, 2.05) is 30.5 Å². The van der Waals surface area contributed by atoms with Gasteiger partial charge in [0.2, 0.25) is 0 Å². The van der Waals surface area contributed by atoms with E-state index in [2.05, 4.69) is 29.3 Å². The van der Waals surface area contributed by atoms with Crippen LogP contribution in [-0.4, -0.2) is 13.3 Å². The fourth-order valence-electron chi connectivity index (χ4n) is 2.20. The Kier molecular flexibility index (Phi) is 2.41. The number of nitrogens with zero attached hydrogens (tertiary/aromatic N) is 1. The van der Waals surface area contributed by atoms with Crippen LogP contribution in [0.25, 0.3) is 0 Å². The molecule has 0 fully saturated rings. The molecule has 0 aliphatic carbocycles. The van der Waals surface area contributed by atoms with Gasteiger partial charge in [0.1, 0.15) is 5.75 Å². The van der Waals surface area contributed by atoms with Crippen LogP contribution in [-0.2, 0) is 0 Å². The van der Waals surface area contributed by atoms with Gasteiger partial charge >= 0.3 is 0 Å². The van der Waals surface area contributed by atoms with Crippen LogP contribution in [0.15, 0.2) is 53.5 Å². The fraction of sp³-hybridized carbons (Fsp3) is 0.133. The number of benzene rings is 2. The first-order chi connectivity index (χ1) is 8.38. The predicted molar refractivity (Wildman–Crippen MR) is 69.4 cm³/mol. The average molecular weight is 223 g/mol. The third-order valence-electron chi connectivity index (χ3n) is 3.09. The largest absolute Gasteiger partial charge is 0.497 e. The van der Waals surface area contributed by atoms with Crippen LogP contribution in [0.3, 0.4) is 0 Å².